The second-order valence-corrected chi connectivity index (χ2v) is 5.81. The van der Waals surface area contributed by atoms with E-state index in [9.17, 15) is 13.2 Å². The third-order valence-electron chi connectivity index (χ3n) is 3.24. The zero-order valence-corrected chi connectivity index (χ0v) is 13.2. The van der Waals surface area contributed by atoms with Gasteiger partial charge in [-0.3, -0.25) is 0 Å². The van der Waals surface area contributed by atoms with Crippen LogP contribution in [-0.2, 0) is 0 Å². The SMILES string of the molecule is CC(=CC(c1cc(Cl)cc(Cl)c1)C(F)(F)F)c1ccccc1. The fourth-order valence-electron chi connectivity index (χ4n) is 2.18. The molecular formula is C17H13Cl2F3. The highest BCUT2D eigenvalue weighted by molar-refractivity contribution is 6.34. The molecule has 2 rings (SSSR count). The van der Waals surface area contributed by atoms with Crippen molar-refractivity contribution in [3.63, 3.8) is 0 Å². The monoisotopic (exact) mass is 344 g/mol. The van der Waals surface area contributed by atoms with Crippen molar-refractivity contribution in [2.24, 2.45) is 0 Å². The summed E-state index contributed by atoms with van der Waals surface area (Å²) in [5.41, 5.74) is 1.31. The molecule has 5 heteroatoms. The summed E-state index contributed by atoms with van der Waals surface area (Å²) in [5, 5.41) is 0.366. The number of rotatable bonds is 3. The average Bonchev–Trinajstić information content (AvgIpc) is 2.43. The van der Waals surface area contributed by atoms with Gasteiger partial charge >= 0.3 is 6.18 Å². The first kappa shape index (κ1) is 16.9. The van der Waals surface area contributed by atoms with Crippen molar-refractivity contribution >= 4 is 28.8 Å². The number of hydrogen-bond donors (Lipinski definition) is 0. The van der Waals surface area contributed by atoms with Gasteiger partial charge < -0.3 is 0 Å². The van der Waals surface area contributed by atoms with Gasteiger partial charge in [0.2, 0.25) is 0 Å². The predicted molar refractivity (Wildman–Crippen MR) is 85.4 cm³/mol. The van der Waals surface area contributed by atoms with E-state index in [0.717, 1.165) is 5.56 Å². The highest BCUT2D eigenvalue weighted by Crippen LogP contribution is 2.39. The van der Waals surface area contributed by atoms with E-state index in [1.807, 2.05) is 6.07 Å². The summed E-state index contributed by atoms with van der Waals surface area (Å²) in [6.45, 7) is 1.65. The smallest absolute Gasteiger partial charge is 0.170 e. The zero-order chi connectivity index (χ0) is 16.3. The molecule has 0 aromatic heterocycles. The van der Waals surface area contributed by atoms with Gasteiger partial charge in [-0.15, -0.1) is 0 Å². The van der Waals surface area contributed by atoms with Crippen LogP contribution in [-0.4, -0.2) is 6.18 Å². The van der Waals surface area contributed by atoms with Crippen LogP contribution in [0.4, 0.5) is 13.2 Å². The van der Waals surface area contributed by atoms with Gasteiger partial charge in [0, 0.05) is 10.0 Å². The molecule has 0 aliphatic heterocycles. The maximum atomic E-state index is 13.4. The van der Waals surface area contributed by atoms with E-state index in [4.69, 9.17) is 23.2 Å². The average molecular weight is 345 g/mol. The molecule has 1 atom stereocenters. The molecule has 0 saturated heterocycles. The fourth-order valence-corrected chi connectivity index (χ4v) is 2.72. The quantitative estimate of drug-likeness (QED) is 0.578. The molecule has 0 amide bonds. The van der Waals surface area contributed by atoms with Crippen molar-refractivity contribution in [1.82, 2.24) is 0 Å². The Morgan fingerprint density at radius 3 is 2.05 bits per heavy atom. The molecule has 0 saturated carbocycles. The highest BCUT2D eigenvalue weighted by Gasteiger charge is 2.39. The van der Waals surface area contributed by atoms with Crippen LogP contribution in [0.2, 0.25) is 10.0 Å². The molecule has 2 aromatic carbocycles. The van der Waals surface area contributed by atoms with Crippen LogP contribution in [0.1, 0.15) is 24.0 Å². The van der Waals surface area contributed by atoms with Crippen LogP contribution >= 0.6 is 23.2 Å². The van der Waals surface area contributed by atoms with E-state index in [1.54, 1.807) is 31.2 Å². The second-order valence-electron chi connectivity index (χ2n) is 4.94. The lowest BCUT2D eigenvalue weighted by molar-refractivity contribution is -0.139. The number of halogens is 5. The Hall–Kier alpha value is -1.45. The topological polar surface area (TPSA) is 0 Å². The Kier molecular flexibility index (Phi) is 5.20. The lowest BCUT2D eigenvalue weighted by Gasteiger charge is -2.19. The van der Waals surface area contributed by atoms with Crippen LogP contribution < -0.4 is 0 Å². The normalized spacial score (nSPS) is 14.0. The lowest BCUT2D eigenvalue weighted by Crippen LogP contribution is -2.19. The summed E-state index contributed by atoms with van der Waals surface area (Å²) < 4.78 is 40.2. The van der Waals surface area contributed by atoms with Gasteiger partial charge in [-0.1, -0.05) is 59.6 Å². The molecule has 0 spiro atoms. The minimum atomic E-state index is -4.43. The summed E-state index contributed by atoms with van der Waals surface area (Å²) in [7, 11) is 0. The second kappa shape index (κ2) is 6.76. The minimum Gasteiger partial charge on any atom is -0.170 e. The Morgan fingerprint density at radius 1 is 1.00 bits per heavy atom. The summed E-state index contributed by atoms with van der Waals surface area (Å²) >= 11 is 11.7. The van der Waals surface area contributed by atoms with Crippen LogP contribution in [0.25, 0.3) is 5.57 Å². The molecule has 0 radical (unpaired) electrons. The van der Waals surface area contributed by atoms with Gasteiger partial charge in [-0.05, 0) is 41.8 Å². The number of allylic oxidation sites excluding steroid dienone is 2. The van der Waals surface area contributed by atoms with E-state index >= 15 is 0 Å². The molecule has 116 valence electrons. The summed E-state index contributed by atoms with van der Waals surface area (Å²) in [4.78, 5) is 0. The molecule has 0 N–H and O–H groups in total. The van der Waals surface area contributed by atoms with Gasteiger partial charge in [0.25, 0.3) is 0 Å². The van der Waals surface area contributed by atoms with Crippen LogP contribution in [0.3, 0.4) is 0 Å². The van der Waals surface area contributed by atoms with Gasteiger partial charge in [-0.2, -0.15) is 13.2 Å². The standard InChI is InChI=1S/C17H13Cl2F3/c1-11(12-5-3-2-4-6-12)7-16(17(20,21)22)13-8-14(18)10-15(19)9-13/h2-10,16H,1H3. The molecule has 0 aliphatic carbocycles. The summed E-state index contributed by atoms with van der Waals surface area (Å²) in [6, 6.07) is 12.9. The van der Waals surface area contributed by atoms with Gasteiger partial charge in [-0.25, -0.2) is 0 Å². The lowest BCUT2D eigenvalue weighted by atomic mass is 9.94. The number of benzene rings is 2. The van der Waals surface area contributed by atoms with E-state index in [-0.39, 0.29) is 15.6 Å². The molecule has 0 bridgehead atoms. The summed E-state index contributed by atoms with van der Waals surface area (Å²) in [6.07, 6.45) is -3.23. The molecule has 1 unspecified atom stereocenters. The van der Waals surface area contributed by atoms with Gasteiger partial charge in [0.15, 0.2) is 0 Å². The molecule has 22 heavy (non-hydrogen) atoms. The van der Waals surface area contributed by atoms with Crippen LogP contribution in [0.5, 0.6) is 0 Å². The van der Waals surface area contributed by atoms with Crippen molar-refractivity contribution in [3.05, 3.63) is 75.8 Å². The molecule has 0 nitrogen and oxygen atoms in total. The van der Waals surface area contributed by atoms with E-state index in [1.165, 1.54) is 24.3 Å². The fraction of sp³-hybridized carbons (Fsp3) is 0.176. The van der Waals surface area contributed by atoms with E-state index < -0.39 is 12.1 Å². The summed E-state index contributed by atoms with van der Waals surface area (Å²) in [5.74, 6) is -1.76. The Labute approximate surface area is 137 Å². The third kappa shape index (κ3) is 4.28. The first-order valence-electron chi connectivity index (χ1n) is 6.54. The number of alkyl halides is 3. The van der Waals surface area contributed by atoms with Crippen molar-refractivity contribution in [2.75, 3.05) is 0 Å². The Bertz CT molecular complexity index is 656. The van der Waals surface area contributed by atoms with E-state index in [2.05, 4.69) is 0 Å². The molecule has 2 aromatic rings. The third-order valence-corrected chi connectivity index (χ3v) is 3.68. The maximum Gasteiger partial charge on any atom is 0.399 e. The van der Waals surface area contributed by atoms with E-state index in [0.29, 0.717) is 5.57 Å². The van der Waals surface area contributed by atoms with Crippen molar-refractivity contribution in [2.45, 2.75) is 19.0 Å². The maximum absolute atomic E-state index is 13.4. The van der Waals surface area contributed by atoms with Crippen LogP contribution in [0.15, 0.2) is 54.6 Å². The molecule has 0 fully saturated rings. The van der Waals surface area contributed by atoms with Gasteiger partial charge in [0.1, 0.15) is 0 Å². The van der Waals surface area contributed by atoms with Crippen molar-refractivity contribution < 1.29 is 13.2 Å². The first-order valence-corrected chi connectivity index (χ1v) is 7.29. The number of hydrogen-bond acceptors (Lipinski definition) is 0. The van der Waals surface area contributed by atoms with Crippen molar-refractivity contribution in [3.8, 4) is 0 Å². The first-order chi connectivity index (χ1) is 10.3. The van der Waals surface area contributed by atoms with Crippen LogP contribution in [0, 0.1) is 0 Å². The Balaban J connectivity index is 2.48. The predicted octanol–water partition coefficient (Wildman–Crippen LogP) is 6.74. The Morgan fingerprint density at radius 2 is 1.55 bits per heavy atom. The highest BCUT2D eigenvalue weighted by atomic mass is 35.5. The molecular weight excluding hydrogens is 332 g/mol. The largest absolute Gasteiger partial charge is 0.399 e. The molecule has 0 heterocycles. The molecule has 0 aliphatic rings. The van der Waals surface area contributed by atoms with Crippen molar-refractivity contribution in [1.29, 1.82) is 0 Å². The zero-order valence-electron chi connectivity index (χ0n) is 11.7. The minimum absolute atomic E-state index is 0.0280. The van der Waals surface area contributed by atoms with Gasteiger partial charge in [0.05, 0.1) is 5.92 Å².